The molecule has 0 bridgehead atoms. The second-order valence-electron chi connectivity index (χ2n) is 2.26. The van der Waals surface area contributed by atoms with E-state index in [4.69, 9.17) is 5.73 Å². The van der Waals surface area contributed by atoms with E-state index in [0.29, 0.717) is 0 Å². The summed E-state index contributed by atoms with van der Waals surface area (Å²) < 4.78 is 1.13. The van der Waals surface area contributed by atoms with Crippen molar-refractivity contribution in [1.29, 1.82) is 0 Å². The predicted octanol–water partition coefficient (Wildman–Crippen LogP) is 1.46. The lowest BCUT2D eigenvalue weighted by Gasteiger charge is -1.96. The summed E-state index contributed by atoms with van der Waals surface area (Å²) in [5.41, 5.74) is 8.73. The van der Waals surface area contributed by atoms with Crippen LogP contribution in [0.2, 0.25) is 0 Å². The molecule has 3 nitrogen and oxygen atoms in total. The van der Waals surface area contributed by atoms with Crippen LogP contribution in [0, 0.1) is 3.57 Å². The molecule has 0 amide bonds. The third kappa shape index (κ3) is 3.69. The third-order valence-corrected chi connectivity index (χ3v) is 2.36. The molecule has 1 rings (SSSR count). The minimum atomic E-state index is 0.169. The Hall–Kier alpha value is -0.690. The first kappa shape index (κ1) is 10.4. The van der Waals surface area contributed by atoms with Gasteiger partial charge >= 0.3 is 0 Å². The van der Waals surface area contributed by atoms with Gasteiger partial charge in [-0.1, -0.05) is 18.2 Å². The van der Waals surface area contributed by atoms with E-state index in [9.17, 15) is 0 Å². The maximum absolute atomic E-state index is 5.20. The van der Waals surface area contributed by atoms with Crippen LogP contribution in [0.5, 0.6) is 0 Å². The van der Waals surface area contributed by atoms with Crippen LogP contribution in [0.1, 0.15) is 5.56 Å². The number of nitrogens with one attached hydrogen (secondary N) is 1. The fourth-order valence-corrected chi connectivity index (χ4v) is 1.32. The fourth-order valence-electron chi connectivity index (χ4n) is 0.745. The molecule has 0 saturated heterocycles. The van der Waals surface area contributed by atoms with Crippen molar-refractivity contribution >= 4 is 46.1 Å². The Kier molecular flexibility index (Phi) is 4.10. The van der Waals surface area contributed by atoms with Crippen molar-refractivity contribution in [1.82, 2.24) is 5.43 Å². The van der Waals surface area contributed by atoms with Crippen LogP contribution >= 0.6 is 34.8 Å². The molecule has 5 heteroatoms. The molecule has 0 unspecified atom stereocenters. The van der Waals surface area contributed by atoms with Crippen LogP contribution in [0.15, 0.2) is 29.4 Å². The van der Waals surface area contributed by atoms with E-state index < -0.39 is 0 Å². The van der Waals surface area contributed by atoms with Gasteiger partial charge in [-0.15, -0.1) is 0 Å². The third-order valence-electron chi connectivity index (χ3n) is 1.28. The van der Waals surface area contributed by atoms with E-state index in [1.165, 1.54) is 0 Å². The van der Waals surface area contributed by atoms with Crippen molar-refractivity contribution in [2.75, 3.05) is 0 Å². The smallest absolute Gasteiger partial charge is 0.184 e. The number of benzene rings is 1. The van der Waals surface area contributed by atoms with Crippen LogP contribution in [-0.4, -0.2) is 11.3 Å². The second-order valence-corrected chi connectivity index (χ2v) is 3.86. The molecule has 0 fully saturated rings. The Morgan fingerprint density at radius 2 is 2.23 bits per heavy atom. The van der Waals surface area contributed by atoms with Crippen molar-refractivity contribution in [3.8, 4) is 0 Å². The SMILES string of the molecule is NC(=S)N/N=C\c1ccccc1I. The van der Waals surface area contributed by atoms with Crippen molar-refractivity contribution in [2.24, 2.45) is 10.8 Å². The number of nitrogens with two attached hydrogens (primary N) is 1. The molecule has 0 aliphatic heterocycles. The number of rotatable bonds is 2. The summed E-state index contributed by atoms with van der Waals surface area (Å²) in [5, 5.41) is 4.02. The van der Waals surface area contributed by atoms with Crippen molar-refractivity contribution in [3.05, 3.63) is 33.4 Å². The highest BCUT2D eigenvalue weighted by Gasteiger charge is 1.92. The average molecular weight is 305 g/mol. The van der Waals surface area contributed by atoms with E-state index in [1.54, 1.807) is 6.21 Å². The van der Waals surface area contributed by atoms with Gasteiger partial charge in [-0.25, -0.2) is 0 Å². The highest BCUT2D eigenvalue weighted by atomic mass is 127. The minimum Gasteiger partial charge on any atom is -0.375 e. The van der Waals surface area contributed by atoms with E-state index in [-0.39, 0.29) is 5.11 Å². The molecule has 0 aliphatic rings. The van der Waals surface area contributed by atoms with Gasteiger partial charge in [0.25, 0.3) is 0 Å². The van der Waals surface area contributed by atoms with Crippen LogP contribution in [0.3, 0.4) is 0 Å². The Morgan fingerprint density at radius 3 is 2.85 bits per heavy atom. The van der Waals surface area contributed by atoms with E-state index in [2.05, 4.69) is 45.3 Å². The number of hydrogen-bond acceptors (Lipinski definition) is 2. The van der Waals surface area contributed by atoms with Crippen LogP contribution in [-0.2, 0) is 0 Å². The van der Waals surface area contributed by atoms with Crippen LogP contribution < -0.4 is 11.2 Å². The molecule has 0 aliphatic carbocycles. The number of hydrogen-bond donors (Lipinski definition) is 2. The highest BCUT2D eigenvalue weighted by Crippen LogP contribution is 2.08. The monoisotopic (exact) mass is 305 g/mol. The van der Waals surface area contributed by atoms with Gasteiger partial charge < -0.3 is 5.73 Å². The highest BCUT2D eigenvalue weighted by molar-refractivity contribution is 14.1. The van der Waals surface area contributed by atoms with Crippen LogP contribution in [0.25, 0.3) is 0 Å². The molecule has 0 saturated carbocycles. The van der Waals surface area contributed by atoms with E-state index >= 15 is 0 Å². The number of halogens is 1. The molecular formula is C8H8IN3S. The van der Waals surface area contributed by atoms with Gasteiger partial charge in [0.15, 0.2) is 5.11 Å². The first-order valence-corrected chi connectivity index (χ1v) is 5.02. The fraction of sp³-hybridized carbons (Fsp3) is 0. The quantitative estimate of drug-likeness (QED) is 0.376. The van der Waals surface area contributed by atoms with Gasteiger partial charge in [-0.05, 0) is 40.9 Å². The normalized spacial score (nSPS) is 10.2. The molecule has 68 valence electrons. The Labute approximate surface area is 95.5 Å². The van der Waals surface area contributed by atoms with Crippen molar-refractivity contribution < 1.29 is 0 Å². The van der Waals surface area contributed by atoms with Crippen molar-refractivity contribution in [2.45, 2.75) is 0 Å². The van der Waals surface area contributed by atoms with Gasteiger partial charge in [0, 0.05) is 9.13 Å². The Morgan fingerprint density at radius 1 is 1.54 bits per heavy atom. The van der Waals surface area contributed by atoms with Crippen LogP contribution in [0.4, 0.5) is 0 Å². The zero-order chi connectivity index (χ0) is 9.68. The second kappa shape index (κ2) is 5.13. The lowest BCUT2D eigenvalue weighted by molar-refractivity contribution is 1.04. The maximum atomic E-state index is 5.20. The number of hydrazone groups is 1. The van der Waals surface area contributed by atoms with Crippen molar-refractivity contribution in [3.63, 3.8) is 0 Å². The van der Waals surface area contributed by atoms with Gasteiger partial charge in [0.2, 0.25) is 0 Å². The van der Waals surface area contributed by atoms with Gasteiger partial charge in [0.05, 0.1) is 6.21 Å². The summed E-state index contributed by atoms with van der Waals surface area (Å²) in [7, 11) is 0. The molecular weight excluding hydrogens is 297 g/mol. The number of thiocarbonyl (C=S) groups is 1. The van der Waals surface area contributed by atoms with Gasteiger partial charge in [0.1, 0.15) is 0 Å². The van der Waals surface area contributed by atoms with E-state index in [0.717, 1.165) is 9.13 Å². The first-order chi connectivity index (χ1) is 6.20. The summed E-state index contributed by atoms with van der Waals surface area (Å²) in [6.45, 7) is 0. The summed E-state index contributed by atoms with van der Waals surface area (Å²) in [4.78, 5) is 0. The lowest BCUT2D eigenvalue weighted by atomic mass is 10.2. The molecule has 0 heterocycles. The van der Waals surface area contributed by atoms with Gasteiger partial charge in [-0.2, -0.15) is 5.10 Å². The summed E-state index contributed by atoms with van der Waals surface area (Å²) in [5.74, 6) is 0. The Bertz CT molecular complexity index is 338. The summed E-state index contributed by atoms with van der Waals surface area (Å²) >= 11 is 6.83. The summed E-state index contributed by atoms with van der Waals surface area (Å²) in [6, 6.07) is 7.89. The van der Waals surface area contributed by atoms with Gasteiger partial charge in [-0.3, -0.25) is 5.43 Å². The van der Waals surface area contributed by atoms with E-state index in [1.807, 2.05) is 24.3 Å². The molecule has 1 aromatic carbocycles. The Balaban J connectivity index is 2.68. The molecule has 13 heavy (non-hydrogen) atoms. The first-order valence-electron chi connectivity index (χ1n) is 3.53. The molecule has 0 radical (unpaired) electrons. The maximum Gasteiger partial charge on any atom is 0.184 e. The molecule has 3 N–H and O–H groups in total. The average Bonchev–Trinajstić information content (AvgIpc) is 2.08. The summed E-state index contributed by atoms with van der Waals surface area (Å²) in [6.07, 6.45) is 1.68. The molecule has 1 aromatic rings. The lowest BCUT2D eigenvalue weighted by Crippen LogP contribution is -2.24. The zero-order valence-electron chi connectivity index (χ0n) is 6.70. The minimum absolute atomic E-state index is 0.169. The molecule has 0 aromatic heterocycles. The number of nitrogens with zero attached hydrogens (tertiary/aromatic N) is 1. The molecule has 0 atom stereocenters. The standard InChI is InChI=1S/C8H8IN3S/c9-7-4-2-1-3-6(7)5-11-12-8(10)13/h1-5H,(H3,10,12,13)/b11-5-. The predicted molar refractivity (Wildman–Crippen MR) is 66.7 cm³/mol. The topological polar surface area (TPSA) is 50.4 Å². The molecule has 0 spiro atoms. The largest absolute Gasteiger partial charge is 0.375 e. The zero-order valence-corrected chi connectivity index (χ0v) is 9.67.